The van der Waals surface area contributed by atoms with Crippen LogP contribution in [0.15, 0.2) is 36.5 Å². The molecule has 1 saturated heterocycles. The molecular formula is C24H32N6O. The molecule has 4 rings (SSSR count). The second kappa shape index (κ2) is 9.04. The average molecular weight is 421 g/mol. The lowest BCUT2D eigenvalue weighted by Crippen LogP contribution is -2.37. The molecule has 1 fully saturated rings. The fraction of sp³-hybridized carbons (Fsp3) is 0.500. The van der Waals surface area contributed by atoms with Gasteiger partial charge in [-0.25, -0.2) is 14.6 Å². The van der Waals surface area contributed by atoms with Gasteiger partial charge in [-0.05, 0) is 25.0 Å². The second-order valence-corrected chi connectivity index (χ2v) is 8.66. The van der Waals surface area contributed by atoms with E-state index >= 15 is 0 Å². The van der Waals surface area contributed by atoms with Gasteiger partial charge in [0.15, 0.2) is 5.65 Å². The number of carbonyl (C=O) groups is 1. The Bertz CT molecular complexity index is 1040. The largest absolute Gasteiger partial charge is 0.354 e. The van der Waals surface area contributed by atoms with Gasteiger partial charge >= 0.3 is 0 Å². The summed E-state index contributed by atoms with van der Waals surface area (Å²) in [6.45, 7) is 11.4. The molecule has 1 atom stereocenters. The van der Waals surface area contributed by atoms with Crippen LogP contribution in [0.5, 0.6) is 0 Å². The molecule has 3 heterocycles. The van der Waals surface area contributed by atoms with E-state index in [2.05, 4.69) is 23.8 Å². The van der Waals surface area contributed by atoms with Crippen molar-refractivity contribution in [2.24, 2.45) is 5.92 Å². The zero-order chi connectivity index (χ0) is 22.0. The maximum absolute atomic E-state index is 12.5. The number of para-hydroxylation sites is 1. The number of aromatic nitrogens is 4. The molecule has 1 aliphatic rings. The number of nitrogens with zero attached hydrogens (tertiary/aromatic N) is 6. The Labute approximate surface area is 184 Å². The predicted octanol–water partition coefficient (Wildman–Crippen LogP) is 4.02. The molecule has 7 heteroatoms. The molecule has 1 aliphatic heterocycles. The van der Waals surface area contributed by atoms with E-state index in [0.717, 1.165) is 60.8 Å². The van der Waals surface area contributed by atoms with Gasteiger partial charge in [-0.2, -0.15) is 5.10 Å². The van der Waals surface area contributed by atoms with Crippen molar-refractivity contribution in [3.05, 3.63) is 42.4 Å². The molecule has 2 aromatic heterocycles. The van der Waals surface area contributed by atoms with Gasteiger partial charge in [-0.15, -0.1) is 0 Å². The van der Waals surface area contributed by atoms with Gasteiger partial charge in [-0.1, -0.05) is 45.9 Å². The van der Waals surface area contributed by atoms with Crippen LogP contribution < -0.4 is 4.90 Å². The number of amides is 1. The highest BCUT2D eigenvalue weighted by atomic mass is 16.2. The molecule has 0 bridgehead atoms. The number of hydrogen-bond donors (Lipinski definition) is 0. The standard InChI is InChI=1S/C24H32N6O/c1-5-18(4)21-26-22(28-12-9-13-29(15-14-28)24(31)17(2)3)20-16-25-30(23(20)27-21)19-10-7-6-8-11-19/h6-8,10-11,16-18H,5,9,12-15H2,1-4H3/t18-/m0/s1. The van der Waals surface area contributed by atoms with E-state index < -0.39 is 0 Å². The summed E-state index contributed by atoms with van der Waals surface area (Å²) in [5.41, 5.74) is 1.83. The van der Waals surface area contributed by atoms with Crippen LogP contribution in [0.3, 0.4) is 0 Å². The Morgan fingerprint density at radius 3 is 2.52 bits per heavy atom. The van der Waals surface area contributed by atoms with Crippen molar-refractivity contribution in [3.8, 4) is 5.69 Å². The maximum atomic E-state index is 12.5. The topological polar surface area (TPSA) is 67.2 Å². The molecule has 0 spiro atoms. The number of hydrogen-bond acceptors (Lipinski definition) is 5. The van der Waals surface area contributed by atoms with Gasteiger partial charge < -0.3 is 9.80 Å². The van der Waals surface area contributed by atoms with E-state index in [1.165, 1.54) is 0 Å². The van der Waals surface area contributed by atoms with Crippen molar-refractivity contribution in [3.63, 3.8) is 0 Å². The fourth-order valence-corrected chi connectivity index (χ4v) is 4.03. The number of benzene rings is 1. The van der Waals surface area contributed by atoms with E-state index in [9.17, 15) is 4.79 Å². The Hall–Kier alpha value is -2.96. The van der Waals surface area contributed by atoms with E-state index in [1.807, 2.05) is 60.0 Å². The highest BCUT2D eigenvalue weighted by Gasteiger charge is 2.25. The first-order valence-electron chi connectivity index (χ1n) is 11.3. The van der Waals surface area contributed by atoms with Gasteiger partial charge in [0, 0.05) is 38.0 Å². The minimum Gasteiger partial charge on any atom is -0.354 e. The summed E-state index contributed by atoms with van der Waals surface area (Å²) in [4.78, 5) is 26.7. The molecule has 0 unspecified atom stereocenters. The van der Waals surface area contributed by atoms with Gasteiger partial charge in [0.2, 0.25) is 5.91 Å². The van der Waals surface area contributed by atoms with Crippen LogP contribution in [0.1, 0.15) is 52.3 Å². The first kappa shape index (κ1) is 21.3. The minimum absolute atomic E-state index is 0.0263. The monoisotopic (exact) mass is 420 g/mol. The van der Waals surface area contributed by atoms with E-state index in [4.69, 9.17) is 9.97 Å². The predicted molar refractivity (Wildman–Crippen MR) is 124 cm³/mol. The summed E-state index contributed by atoms with van der Waals surface area (Å²) in [5.74, 6) is 2.29. The van der Waals surface area contributed by atoms with Gasteiger partial charge in [0.1, 0.15) is 11.6 Å². The lowest BCUT2D eigenvalue weighted by atomic mass is 10.1. The Kier molecular flexibility index (Phi) is 6.20. The normalized spacial score (nSPS) is 16.0. The van der Waals surface area contributed by atoms with Gasteiger partial charge in [0.05, 0.1) is 17.3 Å². The number of anilines is 1. The molecule has 0 radical (unpaired) electrons. The van der Waals surface area contributed by atoms with Crippen LogP contribution >= 0.6 is 0 Å². The van der Waals surface area contributed by atoms with Crippen molar-refractivity contribution in [1.82, 2.24) is 24.6 Å². The molecule has 7 nitrogen and oxygen atoms in total. The van der Waals surface area contributed by atoms with Crippen molar-refractivity contribution in [1.29, 1.82) is 0 Å². The third-order valence-corrected chi connectivity index (χ3v) is 6.08. The van der Waals surface area contributed by atoms with E-state index in [0.29, 0.717) is 6.54 Å². The van der Waals surface area contributed by atoms with Crippen LogP contribution in [-0.4, -0.2) is 56.7 Å². The van der Waals surface area contributed by atoms with Crippen molar-refractivity contribution in [2.45, 2.75) is 46.5 Å². The highest BCUT2D eigenvalue weighted by molar-refractivity contribution is 5.88. The highest BCUT2D eigenvalue weighted by Crippen LogP contribution is 2.29. The van der Waals surface area contributed by atoms with E-state index in [1.54, 1.807) is 0 Å². The number of fused-ring (bicyclic) bond motifs is 1. The van der Waals surface area contributed by atoms with Crippen LogP contribution in [0.2, 0.25) is 0 Å². The fourth-order valence-electron chi connectivity index (χ4n) is 4.03. The quantitative estimate of drug-likeness (QED) is 0.624. The molecule has 0 aliphatic carbocycles. The molecule has 164 valence electrons. The van der Waals surface area contributed by atoms with Crippen molar-refractivity contribution < 1.29 is 4.79 Å². The Morgan fingerprint density at radius 2 is 1.81 bits per heavy atom. The maximum Gasteiger partial charge on any atom is 0.225 e. The summed E-state index contributed by atoms with van der Waals surface area (Å²) in [6, 6.07) is 10.1. The molecule has 1 aromatic carbocycles. The third kappa shape index (κ3) is 4.27. The molecule has 1 amide bonds. The molecule has 0 saturated carbocycles. The first-order valence-corrected chi connectivity index (χ1v) is 11.3. The van der Waals surface area contributed by atoms with E-state index in [-0.39, 0.29) is 17.7 Å². The lowest BCUT2D eigenvalue weighted by Gasteiger charge is -2.25. The number of carbonyl (C=O) groups excluding carboxylic acids is 1. The average Bonchev–Trinajstić information content (AvgIpc) is 3.07. The van der Waals surface area contributed by atoms with Crippen molar-refractivity contribution >= 4 is 22.8 Å². The summed E-state index contributed by atoms with van der Waals surface area (Å²) < 4.78 is 1.90. The lowest BCUT2D eigenvalue weighted by molar-refractivity contribution is -0.134. The van der Waals surface area contributed by atoms with Crippen LogP contribution in [0, 0.1) is 5.92 Å². The summed E-state index contributed by atoms with van der Waals surface area (Å²) in [5, 5.41) is 5.62. The third-order valence-electron chi connectivity index (χ3n) is 6.08. The molecule has 0 N–H and O–H groups in total. The zero-order valence-electron chi connectivity index (χ0n) is 19.0. The molecule has 3 aromatic rings. The summed E-state index contributed by atoms with van der Waals surface area (Å²) in [7, 11) is 0. The van der Waals surface area contributed by atoms with Crippen molar-refractivity contribution in [2.75, 3.05) is 31.1 Å². The van der Waals surface area contributed by atoms with Gasteiger partial charge in [0.25, 0.3) is 0 Å². The van der Waals surface area contributed by atoms with Crippen LogP contribution in [-0.2, 0) is 4.79 Å². The smallest absolute Gasteiger partial charge is 0.225 e. The Balaban J connectivity index is 1.75. The van der Waals surface area contributed by atoms with Crippen LogP contribution in [0.25, 0.3) is 16.7 Å². The zero-order valence-corrected chi connectivity index (χ0v) is 19.0. The van der Waals surface area contributed by atoms with Crippen LogP contribution in [0.4, 0.5) is 5.82 Å². The first-order chi connectivity index (χ1) is 15.0. The minimum atomic E-state index is 0.0263. The Morgan fingerprint density at radius 1 is 1.03 bits per heavy atom. The molecular weight excluding hydrogens is 388 g/mol. The summed E-state index contributed by atoms with van der Waals surface area (Å²) >= 11 is 0. The number of rotatable bonds is 5. The molecule has 31 heavy (non-hydrogen) atoms. The SMILES string of the molecule is CC[C@H](C)c1nc(N2CCCN(C(=O)C(C)C)CC2)c2cnn(-c3ccccc3)c2n1. The van der Waals surface area contributed by atoms with Gasteiger partial charge in [-0.3, -0.25) is 4.79 Å². The second-order valence-electron chi connectivity index (χ2n) is 8.66. The summed E-state index contributed by atoms with van der Waals surface area (Å²) in [6.07, 6.45) is 3.77.